The molecule has 2 heterocycles. The predicted octanol–water partition coefficient (Wildman–Crippen LogP) is 0.272. The van der Waals surface area contributed by atoms with Gasteiger partial charge in [-0.2, -0.15) is 9.97 Å². The van der Waals surface area contributed by atoms with Crippen LogP contribution in [0, 0.1) is 0 Å². The summed E-state index contributed by atoms with van der Waals surface area (Å²) in [5, 5.41) is 9.25. The average molecular weight is 290 g/mol. The first-order valence-corrected chi connectivity index (χ1v) is 6.41. The minimum absolute atomic E-state index is 0.0641. The molecule has 0 spiro atoms. The van der Waals surface area contributed by atoms with Crippen molar-refractivity contribution in [3.63, 3.8) is 0 Å². The topological polar surface area (TPSA) is 99.1 Å². The van der Waals surface area contributed by atoms with Gasteiger partial charge in [-0.1, -0.05) is 0 Å². The molecular formula is C9H13ClN5O2P. The molecule has 0 amide bonds. The maximum absolute atomic E-state index is 9.19. The van der Waals surface area contributed by atoms with Crippen LogP contribution in [0.15, 0.2) is 6.33 Å². The summed E-state index contributed by atoms with van der Waals surface area (Å²) in [4.78, 5) is 12.0. The number of ether oxygens (including phenoxy) is 1. The molecule has 0 radical (unpaired) electrons. The maximum Gasteiger partial charge on any atom is 0.226 e. The highest BCUT2D eigenvalue weighted by molar-refractivity contribution is 7.16. The van der Waals surface area contributed by atoms with Crippen molar-refractivity contribution in [2.45, 2.75) is 12.6 Å². The van der Waals surface area contributed by atoms with Crippen LogP contribution in [0.2, 0.25) is 5.28 Å². The van der Waals surface area contributed by atoms with Gasteiger partial charge in [0.05, 0.1) is 31.9 Å². The first kappa shape index (κ1) is 13.4. The lowest BCUT2D eigenvalue weighted by molar-refractivity contribution is 0.0290. The molecule has 2 aromatic rings. The number of hydrogen-bond donors (Lipinski definition) is 2. The van der Waals surface area contributed by atoms with E-state index in [0.29, 0.717) is 24.1 Å². The van der Waals surface area contributed by atoms with Crippen LogP contribution in [0.25, 0.3) is 11.2 Å². The van der Waals surface area contributed by atoms with Gasteiger partial charge in [0, 0.05) is 0 Å². The van der Waals surface area contributed by atoms with E-state index >= 15 is 0 Å². The van der Waals surface area contributed by atoms with Gasteiger partial charge in [0.15, 0.2) is 11.5 Å². The molecule has 0 bridgehead atoms. The maximum atomic E-state index is 9.19. The summed E-state index contributed by atoms with van der Waals surface area (Å²) < 4.78 is 7.05. The van der Waals surface area contributed by atoms with Gasteiger partial charge < -0.3 is 20.1 Å². The van der Waals surface area contributed by atoms with Crippen molar-refractivity contribution in [1.82, 2.24) is 19.5 Å². The van der Waals surface area contributed by atoms with Crippen LogP contribution in [0.3, 0.4) is 0 Å². The predicted molar refractivity (Wildman–Crippen MR) is 71.3 cm³/mol. The Hall–Kier alpha value is -1.01. The van der Waals surface area contributed by atoms with Crippen molar-refractivity contribution in [3.05, 3.63) is 11.6 Å². The first-order chi connectivity index (χ1) is 8.65. The molecule has 0 aromatic carbocycles. The average Bonchev–Trinajstić information content (AvgIpc) is 2.72. The van der Waals surface area contributed by atoms with E-state index in [0.717, 1.165) is 0 Å². The Morgan fingerprint density at radius 2 is 2.33 bits per heavy atom. The summed E-state index contributed by atoms with van der Waals surface area (Å²) in [6, 6.07) is 0. The molecule has 7 nitrogen and oxygen atoms in total. The van der Waals surface area contributed by atoms with Crippen LogP contribution in [-0.4, -0.2) is 43.7 Å². The van der Waals surface area contributed by atoms with Crippen LogP contribution in [0.1, 0.15) is 0 Å². The van der Waals surface area contributed by atoms with E-state index < -0.39 is 0 Å². The molecule has 9 heteroatoms. The highest BCUT2D eigenvalue weighted by Gasteiger charge is 2.14. The van der Waals surface area contributed by atoms with Crippen LogP contribution in [0.5, 0.6) is 0 Å². The Bertz CT molecular complexity index is 549. The molecule has 2 rings (SSSR count). The number of anilines is 1. The molecule has 18 heavy (non-hydrogen) atoms. The van der Waals surface area contributed by atoms with E-state index in [2.05, 4.69) is 24.2 Å². The second-order valence-electron chi connectivity index (χ2n) is 3.58. The summed E-state index contributed by atoms with van der Waals surface area (Å²) in [6.45, 7) is 0.316. The summed E-state index contributed by atoms with van der Waals surface area (Å²) in [6.07, 6.45) is 1.67. The molecule has 2 unspecified atom stereocenters. The molecule has 0 saturated heterocycles. The van der Waals surface area contributed by atoms with Crippen LogP contribution < -0.4 is 5.73 Å². The van der Waals surface area contributed by atoms with Gasteiger partial charge in [-0.25, -0.2) is 4.98 Å². The molecule has 2 aromatic heterocycles. The molecular weight excluding hydrogens is 277 g/mol. The number of rotatable bonds is 5. The van der Waals surface area contributed by atoms with Gasteiger partial charge in [0.25, 0.3) is 0 Å². The van der Waals surface area contributed by atoms with Crippen molar-refractivity contribution in [2.75, 3.05) is 18.7 Å². The zero-order valence-corrected chi connectivity index (χ0v) is 11.4. The molecule has 0 fully saturated rings. The van der Waals surface area contributed by atoms with Crippen molar-refractivity contribution in [2.24, 2.45) is 0 Å². The number of fused-ring (bicyclic) bond motifs is 1. The van der Waals surface area contributed by atoms with Crippen molar-refractivity contribution in [3.8, 4) is 0 Å². The van der Waals surface area contributed by atoms with Gasteiger partial charge in [0.1, 0.15) is 5.52 Å². The zero-order valence-electron chi connectivity index (χ0n) is 9.45. The fourth-order valence-corrected chi connectivity index (χ4v) is 2.03. The summed E-state index contributed by atoms with van der Waals surface area (Å²) in [7, 11) is 2.43. The fourth-order valence-electron chi connectivity index (χ4n) is 1.59. The fraction of sp³-hybridized carbons (Fsp3) is 0.444. The van der Waals surface area contributed by atoms with Crippen LogP contribution >= 0.6 is 20.8 Å². The molecule has 0 saturated carbocycles. The minimum Gasteiger partial charge on any atom is -0.394 e. The van der Waals surface area contributed by atoms with Crippen LogP contribution in [-0.2, 0) is 11.3 Å². The number of nitrogens with zero attached hydrogens (tertiary/aromatic N) is 4. The van der Waals surface area contributed by atoms with Gasteiger partial charge in [-0.05, 0) is 11.6 Å². The second kappa shape index (κ2) is 5.75. The Morgan fingerprint density at radius 3 is 3.00 bits per heavy atom. The van der Waals surface area contributed by atoms with Gasteiger partial charge in [0.2, 0.25) is 5.28 Å². The molecule has 3 N–H and O–H groups in total. The van der Waals surface area contributed by atoms with E-state index in [1.807, 2.05) is 0 Å². The Balaban J connectivity index is 2.34. The number of aromatic nitrogens is 4. The monoisotopic (exact) mass is 289 g/mol. The number of nitrogen functional groups attached to an aromatic ring is 1. The molecule has 2 atom stereocenters. The van der Waals surface area contributed by atoms with Crippen molar-refractivity contribution in [1.29, 1.82) is 0 Å². The number of aliphatic hydroxyl groups excluding tert-OH is 1. The minimum atomic E-state index is -0.338. The highest BCUT2D eigenvalue weighted by atomic mass is 35.5. The number of aliphatic hydroxyl groups is 1. The normalized spacial score (nSPS) is 13.1. The lowest BCUT2D eigenvalue weighted by Gasteiger charge is -2.14. The smallest absolute Gasteiger partial charge is 0.226 e. The van der Waals surface area contributed by atoms with E-state index in [1.165, 1.54) is 0 Å². The lowest BCUT2D eigenvalue weighted by Crippen LogP contribution is -2.23. The van der Waals surface area contributed by atoms with Crippen molar-refractivity contribution >= 4 is 37.8 Å². The summed E-state index contributed by atoms with van der Waals surface area (Å²) in [5.41, 5.74) is 6.71. The standard InChI is InChI=1S/C9H13ClN5O2P/c10-9-13-7(11)6-8(14-9)15(3-12-6)1-5(2-16)17-4-18/h3,5,16H,1-2,4,18H2,(H2,11,13,14). The van der Waals surface area contributed by atoms with E-state index in [1.54, 1.807) is 10.9 Å². The zero-order chi connectivity index (χ0) is 13.1. The number of hydrogen-bond acceptors (Lipinski definition) is 6. The van der Waals surface area contributed by atoms with E-state index in [9.17, 15) is 5.11 Å². The van der Waals surface area contributed by atoms with Gasteiger partial charge in [-0.15, -0.1) is 9.24 Å². The first-order valence-electron chi connectivity index (χ1n) is 5.22. The van der Waals surface area contributed by atoms with Crippen molar-refractivity contribution < 1.29 is 9.84 Å². The Kier molecular flexibility index (Phi) is 4.29. The van der Waals surface area contributed by atoms with Crippen LogP contribution in [0.4, 0.5) is 5.82 Å². The third-order valence-electron chi connectivity index (χ3n) is 2.40. The highest BCUT2D eigenvalue weighted by Crippen LogP contribution is 2.18. The number of imidazole rings is 1. The quantitative estimate of drug-likeness (QED) is 0.605. The number of halogens is 1. The summed E-state index contributed by atoms with van der Waals surface area (Å²) >= 11 is 5.76. The Morgan fingerprint density at radius 1 is 1.56 bits per heavy atom. The third-order valence-corrected chi connectivity index (χ3v) is 2.76. The van der Waals surface area contributed by atoms with Gasteiger partial charge >= 0.3 is 0 Å². The molecule has 0 aliphatic carbocycles. The van der Waals surface area contributed by atoms with E-state index in [-0.39, 0.29) is 23.8 Å². The second-order valence-corrected chi connectivity index (χ2v) is 4.26. The summed E-state index contributed by atoms with van der Waals surface area (Å²) in [5.74, 6) is 0.233. The van der Waals surface area contributed by atoms with Gasteiger partial charge in [-0.3, -0.25) is 0 Å². The SMILES string of the molecule is Nc1nc(Cl)nc2c1ncn2CC(CO)OCP. The molecule has 98 valence electrons. The van der Waals surface area contributed by atoms with E-state index in [4.69, 9.17) is 22.1 Å². The third kappa shape index (κ3) is 2.70. The largest absolute Gasteiger partial charge is 0.394 e. The Labute approximate surface area is 111 Å². The molecule has 0 aliphatic rings. The molecule has 0 aliphatic heterocycles. The lowest BCUT2D eigenvalue weighted by atomic mass is 10.3. The number of nitrogens with two attached hydrogens (primary N) is 1.